The smallest absolute Gasteiger partial charge is 0.404 e. The maximum absolute atomic E-state index is 13.6. The Kier molecular flexibility index (Phi) is 7.34. The van der Waals surface area contributed by atoms with E-state index in [1.54, 1.807) is 25.2 Å². The van der Waals surface area contributed by atoms with E-state index in [0.717, 1.165) is 52.3 Å². The number of hydrogen-bond donors (Lipinski definition) is 1. The van der Waals surface area contributed by atoms with E-state index in [1.165, 1.54) is 12.8 Å². The number of rotatable bonds is 9. The fourth-order valence-electron chi connectivity index (χ4n) is 6.46. The number of benzene rings is 2. The lowest BCUT2D eigenvalue weighted by molar-refractivity contribution is 0.0373. The Hall–Kier alpha value is -5.00. The molecule has 0 radical (unpaired) electrons. The van der Waals surface area contributed by atoms with Gasteiger partial charge in [-0.1, -0.05) is 12.1 Å². The number of amides is 2. The number of aryl methyl sites for hydroxylation is 1. The van der Waals surface area contributed by atoms with Gasteiger partial charge in [0.2, 0.25) is 0 Å². The van der Waals surface area contributed by atoms with Crippen molar-refractivity contribution >= 4 is 34.1 Å². The van der Waals surface area contributed by atoms with Crippen LogP contribution in [0.25, 0.3) is 33.6 Å². The molecular formula is C33H37N7O5. The molecule has 2 aliphatic rings. The quantitative estimate of drug-likeness (QED) is 0.258. The summed E-state index contributed by atoms with van der Waals surface area (Å²) in [5.74, 6) is 2.62. The molecule has 4 heterocycles. The summed E-state index contributed by atoms with van der Waals surface area (Å²) in [4.78, 5) is 31.7. The lowest BCUT2D eigenvalue weighted by atomic mass is 10.1. The van der Waals surface area contributed by atoms with Crippen LogP contribution in [0.1, 0.15) is 41.6 Å². The molecule has 45 heavy (non-hydrogen) atoms. The number of aromatic nitrogens is 5. The number of hydrogen-bond acceptors (Lipinski definition) is 7. The molecule has 1 aliphatic carbocycles. The first-order valence-electron chi connectivity index (χ1n) is 15.3. The van der Waals surface area contributed by atoms with Gasteiger partial charge in [-0.15, -0.1) is 0 Å². The predicted octanol–water partition coefficient (Wildman–Crippen LogP) is 4.57. The van der Waals surface area contributed by atoms with Gasteiger partial charge in [0, 0.05) is 31.1 Å². The van der Waals surface area contributed by atoms with Crippen LogP contribution in [-0.4, -0.2) is 74.2 Å². The zero-order valence-corrected chi connectivity index (χ0v) is 25.7. The number of fused-ring (bicyclic) bond motifs is 2. The Morgan fingerprint density at radius 2 is 1.84 bits per heavy atom. The van der Waals surface area contributed by atoms with Crippen LogP contribution in [0.15, 0.2) is 48.7 Å². The van der Waals surface area contributed by atoms with Gasteiger partial charge in [-0.05, 0) is 67.5 Å². The zero-order chi connectivity index (χ0) is 31.2. The van der Waals surface area contributed by atoms with Crippen molar-refractivity contribution in [3.05, 3.63) is 59.8 Å². The minimum atomic E-state index is -0.828. The molecule has 3 aromatic heterocycles. The molecule has 7 rings (SSSR count). The Labute approximate surface area is 260 Å². The van der Waals surface area contributed by atoms with Gasteiger partial charge in [0.25, 0.3) is 5.91 Å². The second-order valence-electron chi connectivity index (χ2n) is 12.0. The van der Waals surface area contributed by atoms with Gasteiger partial charge >= 0.3 is 6.09 Å². The van der Waals surface area contributed by atoms with E-state index in [1.807, 2.05) is 36.0 Å². The summed E-state index contributed by atoms with van der Waals surface area (Å²) in [5, 5.41) is 5.79. The SMILES string of the molecule is COc1ccc(Cn2ncc3cc(-c4nc5cc(C(=O)N6CCCC(OC(N)=O)C6)cc(OC)c5n4C)n(CC4CC4)c32)cc1. The fourth-order valence-corrected chi connectivity index (χ4v) is 6.46. The first-order chi connectivity index (χ1) is 21.8. The second kappa shape index (κ2) is 11.5. The molecule has 1 atom stereocenters. The zero-order valence-electron chi connectivity index (χ0n) is 25.7. The first kappa shape index (κ1) is 28.8. The number of ether oxygens (including phenoxy) is 3. The van der Waals surface area contributed by atoms with Crippen LogP contribution < -0.4 is 15.2 Å². The van der Waals surface area contributed by atoms with E-state index < -0.39 is 12.2 Å². The van der Waals surface area contributed by atoms with E-state index in [-0.39, 0.29) is 5.91 Å². The van der Waals surface area contributed by atoms with Crippen LogP contribution in [-0.2, 0) is 24.9 Å². The topological polar surface area (TPSA) is 132 Å². The monoisotopic (exact) mass is 611 g/mol. The first-order valence-corrected chi connectivity index (χ1v) is 15.3. The van der Waals surface area contributed by atoms with Crippen LogP contribution >= 0.6 is 0 Å². The van der Waals surface area contributed by atoms with Gasteiger partial charge in [-0.25, -0.2) is 14.5 Å². The number of carbonyl (C=O) groups is 2. The summed E-state index contributed by atoms with van der Waals surface area (Å²) >= 11 is 0. The third-order valence-electron chi connectivity index (χ3n) is 8.89. The van der Waals surface area contributed by atoms with Gasteiger partial charge in [-0.3, -0.25) is 4.79 Å². The van der Waals surface area contributed by atoms with E-state index in [2.05, 4.69) is 27.4 Å². The molecule has 0 bridgehead atoms. The van der Waals surface area contributed by atoms with Crippen LogP contribution in [0.2, 0.25) is 0 Å². The number of likely N-dealkylation sites (tertiary alicyclic amines) is 1. The van der Waals surface area contributed by atoms with Crippen molar-refractivity contribution in [1.29, 1.82) is 0 Å². The van der Waals surface area contributed by atoms with Crippen LogP contribution in [0.3, 0.4) is 0 Å². The summed E-state index contributed by atoms with van der Waals surface area (Å²) in [6.07, 6.45) is 4.47. The molecule has 2 N–H and O–H groups in total. The van der Waals surface area contributed by atoms with Crippen LogP contribution in [0.4, 0.5) is 4.79 Å². The average molecular weight is 612 g/mol. The van der Waals surface area contributed by atoms with E-state index in [0.29, 0.717) is 48.8 Å². The highest BCUT2D eigenvalue weighted by Gasteiger charge is 2.30. The van der Waals surface area contributed by atoms with Crippen molar-refractivity contribution in [2.24, 2.45) is 18.7 Å². The maximum Gasteiger partial charge on any atom is 0.404 e. The minimum Gasteiger partial charge on any atom is -0.497 e. The largest absolute Gasteiger partial charge is 0.497 e. The standard InChI is InChI=1S/C33H37N7O5/c1-37-29-26(13-22(15-28(29)44-3)32(41)38-12-4-5-25(19-38)45-33(34)42)36-30(37)27-14-23-16-35-40(31(23)39(27)17-20-6-7-20)18-21-8-10-24(43-2)11-9-21/h8-11,13-16,20,25H,4-7,12,17-19H2,1-3H3,(H2,34,42). The Bertz CT molecular complexity index is 1900. The molecule has 1 aliphatic heterocycles. The molecule has 1 saturated carbocycles. The Morgan fingerprint density at radius 3 is 2.56 bits per heavy atom. The molecule has 1 saturated heterocycles. The molecule has 0 spiro atoms. The number of primary amides is 1. The molecule has 2 aromatic carbocycles. The van der Waals surface area contributed by atoms with E-state index in [4.69, 9.17) is 30.0 Å². The lowest BCUT2D eigenvalue weighted by Gasteiger charge is -2.32. The van der Waals surface area contributed by atoms with Crippen molar-refractivity contribution in [2.45, 2.75) is 44.9 Å². The van der Waals surface area contributed by atoms with Gasteiger partial charge in [0.1, 0.15) is 28.8 Å². The number of methoxy groups -OCH3 is 2. The van der Waals surface area contributed by atoms with Gasteiger partial charge in [0.05, 0.1) is 44.7 Å². The highest BCUT2D eigenvalue weighted by atomic mass is 16.6. The summed E-state index contributed by atoms with van der Waals surface area (Å²) < 4.78 is 22.8. The van der Waals surface area contributed by atoms with E-state index in [9.17, 15) is 9.59 Å². The average Bonchev–Trinajstić information content (AvgIpc) is 3.55. The maximum atomic E-state index is 13.6. The summed E-state index contributed by atoms with van der Waals surface area (Å²) in [6.45, 7) is 2.37. The highest BCUT2D eigenvalue weighted by Crippen LogP contribution is 2.38. The van der Waals surface area contributed by atoms with Crippen molar-refractivity contribution in [2.75, 3.05) is 27.3 Å². The van der Waals surface area contributed by atoms with Crippen molar-refractivity contribution < 1.29 is 23.8 Å². The number of nitrogens with two attached hydrogens (primary N) is 1. The van der Waals surface area contributed by atoms with Gasteiger partial charge in [0.15, 0.2) is 5.82 Å². The molecule has 2 amide bonds. The molecule has 12 nitrogen and oxygen atoms in total. The molecule has 2 fully saturated rings. The second-order valence-corrected chi connectivity index (χ2v) is 12.0. The van der Waals surface area contributed by atoms with E-state index >= 15 is 0 Å². The number of carbonyl (C=O) groups excluding carboxylic acids is 2. The van der Waals surface area contributed by atoms with Crippen molar-refractivity contribution in [1.82, 2.24) is 28.8 Å². The number of nitrogens with zero attached hydrogens (tertiary/aromatic N) is 6. The fraction of sp³-hybridized carbons (Fsp3) is 0.394. The van der Waals surface area contributed by atoms with Crippen LogP contribution in [0, 0.1) is 5.92 Å². The normalized spacial score (nSPS) is 16.8. The summed E-state index contributed by atoms with van der Waals surface area (Å²) in [7, 11) is 5.25. The highest BCUT2D eigenvalue weighted by molar-refractivity contribution is 6.00. The minimum absolute atomic E-state index is 0.165. The van der Waals surface area contributed by atoms with Gasteiger partial charge in [-0.2, -0.15) is 5.10 Å². The Balaban J connectivity index is 1.27. The molecule has 12 heteroatoms. The molecule has 234 valence electrons. The van der Waals surface area contributed by atoms with Gasteiger partial charge < -0.3 is 34.0 Å². The molecular weight excluding hydrogens is 574 g/mol. The summed E-state index contributed by atoms with van der Waals surface area (Å²) in [5.41, 5.74) is 10.4. The van der Waals surface area contributed by atoms with Crippen molar-refractivity contribution in [3.8, 4) is 23.0 Å². The molecule has 5 aromatic rings. The number of piperidine rings is 1. The van der Waals surface area contributed by atoms with Crippen molar-refractivity contribution in [3.63, 3.8) is 0 Å². The third kappa shape index (κ3) is 5.45. The van der Waals surface area contributed by atoms with Crippen LogP contribution in [0.5, 0.6) is 11.5 Å². The Morgan fingerprint density at radius 1 is 1.04 bits per heavy atom. The number of imidazole rings is 1. The predicted molar refractivity (Wildman–Crippen MR) is 168 cm³/mol. The molecule has 1 unspecified atom stereocenters. The summed E-state index contributed by atoms with van der Waals surface area (Å²) in [6, 6.07) is 13.8. The third-order valence-corrected chi connectivity index (χ3v) is 8.89. The lowest BCUT2D eigenvalue weighted by Crippen LogP contribution is -2.44.